The van der Waals surface area contributed by atoms with Crippen LogP contribution in [0.25, 0.3) is 0 Å². The van der Waals surface area contributed by atoms with Gasteiger partial charge in [0.05, 0.1) is 15.1 Å². The van der Waals surface area contributed by atoms with Crippen LogP contribution < -0.4 is 59.5 Å². The van der Waals surface area contributed by atoms with Crippen LogP contribution in [0.1, 0.15) is 0 Å². The van der Waals surface area contributed by atoms with Gasteiger partial charge in [0.15, 0.2) is 0 Å². The van der Waals surface area contributed by atoms with Crippen LogP contribution in [-0.2, 0) is 0 Å². The molecule has 1 nitrogen and oxygen atoms in total. The Labute approximate surface area is 216 Å². The van der Waals surface area contributed by atoms with E-state index in [1.807, 2.05) is 12.1 Å². The third-order valence-electron chi connectivity index (χ3n) is 7.59. The van der Waals surface area contributed by atoms with Crippen molar-refractivity contribution in [3.05, 3.63) is 27.2 Å². The molecule has 0 aliphatic rings. The summed E-state index contributed by atoms with van der Waals surface area (Å²) in [6.07, 6.45) is 0. The molecular weight excluding hydrogens is 445 g/mol. The molecule has 0 bridgehead atoms. The lowest BCUT2D eigenvalue weighted by Gasteiger charge is -2.36. The summed E-state index contributed by atoms with van der Waals surface area (Å²) in [5.74, 6) is 0. The van der Waals surface area contributed by atoms with E-state index >= 15 is 0 Å². The molecule has 3 aromatic rings. The zero-order valence-electron chi connectivity index (χ0n) is 20.7. The maximum atomic E-state index is 6.53. The van der Waals surface area contributed by atoms with Gasteiger partial charge in [-0.3, -0.25) is 0 Å². The average Bonchev–Trinajstić information content (AvgIpc) is 2.75. The fraction of sp³-hybridized carbons (Fsp3) is 0. The highest BCUT2D eigenvalue weighted by atomic mass is 35.5. The van der Waals surface area contributed by atoms with E-state index in [1.165, 1.54) is 66.0 Å². The van der Waals surface area contributed by atoms with Gasteiger partial charge in [0.1, 0.15) is 78.5 Å². The zero-order valence-corrected chi connectivity index (χ0v) is 23.0. The maximum Gasteiger partial charge on any atom is 0.141 e. The summed E-state index contributed by atoms with van der Waals surface area (Å²) >= 11 is 19.4. The largest absolute Gasteiger partial charge is 0.313 e. The number of rotatable bonds is 3. The molecule has 0 N–H and O–H groups in total. The molecule has 0 aromatic heterocycles. The van der Waals surface area contributed by atoms with Crippen LogP contribution >= 0.6 is 34.8 Å². The van der Waals surface area contributed by atoms with Crippen LogP contribution in [0.5, 0.6) is 0 Å². The van der Waals surface area contributed by atoms with Gasteiger partial charge in [0.25, 0.3) is 0 Å². The third-order valence-corrected chi connectivity index (χ3v) is 8.79. The number of hydrogen-bond donors (Lipinski definition) is 0. The van der Waals surface area contributed by atoms with Crippen molar-refractivity contribution in [1.29, 1.82) is 0 Å². The second-order valence-corrected chi connectivity index (χ2v) is 10.2. The normalized spacial score (nSPS) is 11.0. The van der Waals surface area contributed by atoms with Crippen LogP contribution in [0.2, 0.25) is 15.1 Å². The summed E-state index contributed by atoms with van der Waals surface area (Å²) in [4.78, 5) is 2.34. The molecular formula is C18H22B10Cl3N. The van der Waals surface area contributed by atoms with Crippen molar-refractivity contribution in [2.45, 2.75) is 0 Å². The zero-order chi connectivity index (χ0) is 24.2. The first-order valence-electron chi connectivity index (χ1n) is 10.9. The Balaban J connectivity index is 2.56. The number of hydrogen-bond acceptors (Lipinski definition) is 1. The Kier molecular flexibility index (Phi) is 7.45. The van der Waals surface area contributed by atoms with Gasteiger partial charge in [0.2, 0.25) is 0 Å². The first-order chi connectivity index (χ1) is 14.8. The average molecular weight is 467 g/mol. The van der Waals surface area contributed by atoms with E-state index < -0.39 is 0 Å². The highest BCUT2D eigenvalue weighted by Crippen LogP contribution is 2.38. The molecule has 0 radical (unpaired) electrons. The van der Waals surface area contributed by atoms with Crippen molar-refractivity contribution in [2.24, 2.45) is 0 Å². The lowest BCUT2D eigenvalue weighted by Crippen LogP contribution is -2.59. The number of nitrogens with zero attached hydrogens (tertiary/aromatic N) is 1. The topological polar surface area (TPSA) is 3.24 Å². The van der Waals surface area contributed by atoms with E-state index in [4.69, 9.17) is 34.8 Å². The minimum Gasteiger partial charge on any atom is -0.313 e. The summed E-state index contributed by atoms with van der Waals surface area (Å²) < 4.78 is 0. The molecule has 32 heavy (non-hydrogen) atoms. The van der Waals surface area contributed by atoms with Crippen LogP contribution in [0.3, 0.4) is 0 Å². The van der Waals surface area contributed by atoms with Crippen molar-refractivity contribution in [2.75, 3.05) is 4.90 Å². The monoisotopic (exact) mass is 467 g/mol. The van der Waals surface area contributed by atoms with Crippen molar-refractivity contribution in [3.63, 3.8) is 0 Å². The SMILES string of the molecule is Bc1c(B)c(B)c(N(c2cc(Cl)c(Cl)c(Cl)c2)c2c(B)c(B)c(B)c(B)c2B)c(B)c1B. The molecule has 0 fully saturated rings. The quantitative estimate of drug-likeness (QED) is 0.274. The molecule has 0 saturated heterocycles. The summed E-state index contributed by atoms with van der Waals surface area (Å²) in [5.41, 5.74) is 16.1. The number of benzene rings is 3. The van der Waals surface area contributed by atoms with Gasteiger partial charge in [-0.1, -0.05) is 78.5 Å². The summed E-state index contributed by atoms with van der Waals surface area (Å²) in [6.45, 7) is 0. The standard InChI is InChI=1S/C18H22B10Cl3N/c19-6-8(21)12(25)17(13(26)9(6)22)32(3-1-4(29)16(31)5(30)2-3)18-14(27)10(23)7(20)11(24)15(18)28/h1-2H,19-28H2. The Morgan fingerprint density at radius 1 is 0.438 bits per heavy atom. The minimum atomic E-state index is 0.381. The molecule has 0 amide bonds. The molecule has 14 heteroatoms. The van der Waals surface area contributed by atoms with Gasteiger partial charge in [-0.25, -0.2) is 0 Å². The summed E-state index contributed by atoms with van der Waals surface area (Å²) in [5, 5.41) is 1.28. The van der Waals surface area contributed by atoms with Crippen LogP contribution in [-0.4, -0.2) is 78.5 Å². The number of anilines is 3. The molecule has 0 heterocycles. The van der Waals surface area contributed by atoms with Crippen LogP contribution in [0.15, 0.2) is 12.1 Å². The fourth-order valence-corrected chi connectivity index (χ4v) is 5.26. The highest BCUT2D eigenvalue weighted by molar-refractivity contribution is 6.71. The minimum absolute atomic E-state index is 0.381. The molecule has 150 valence electrons. The fourth-order valence-electron chi connectivity index (χ4n) is 4.67. The van der Waals surface area contributed by atoms with Gasteiger partial charge in [0, 0.05) is 17.1 Å². The van der Waals surface area contributed by atoms with Gasteiger partial charge in [-0.05, 0) is 12.1 Å². The molecule has 3 aromatic carbocycles. The summed E-state index contributed by atoms with van der Waals surface area (Å²) in [7, 11) is 22.0. The van der Waals surface area contributed by atoms with E-state index in [0.29, 0.717) is 15.1 Å². The Hall–Kier alpha value is -1.02. The molecule has 0 unspecified atom stereocenters. The Morgan fingerprint density at radius 3 is 0.969 bits per heavy atom. The van der Waals surface area contributed by atoms with Crippen LogP contribution in [0.4, 0.5) is 17.1 Å². The van der Waals surface area contributed by atoms with Crippen molar-refractivity contribution in [1.82, 2.24) is 0 Å². The second-order valence-electron chi connectivity index (χ2n) is 9.01. The van der Waals surface area contributed by atoms with Gasteiger partial charge in [-0.2, -0.15) is 0 Å². The maximum absolute atomic E-state index is 6.53. The summed E-state index contributed by atoms with van der Waals surface area (Å²) in [6, 6.07) is 3.84. The molecule has 0 atom stereocenters. The van der Waals surface area contributed by atoms with E-state index in [-0.39, 0.29) is 0 Å². The van der Waals surface area contributed by atoms with E-state index in [2.05, 4.69) is 83.4 Å². The number of halogens is 3. The van der Waals surface area contributed by atoms with E-state index in [1.54, 1.807) is 0 Å². The van der Waals surface area contributed by atoms with Gasteiger partial charge < -0.3 is 4.90 Å². The van der Waals surface area contributed by atoms with Crippen molar-refractivity contribution < 1.29 is 0 Å². The third kappa shape index (κ3) is 4.04. The van der Waals surface area contributed by atoms with E-state index in [0.717, 1.165) is 5.69 Å². The van der Waals surface area contributed by atoms with Crippen LogP contribution in [0, 0.1) is 0 Å². The Morgan fingerprint density at radius 2 is 0.688 bits per heavy atom. The second kappa shape index (κ2) is 9.32. The Bertz CT molecular complexity index is 1130. The first kappa shape index (κ1) is 25.6. The highest BCUT2D eigenvalue weighted by Gasteiger charge is 2.25. The first-order valence-corrected chi connectivity index (χ1v) is 12.0. The van der Waals surface area contributed by atoms with E-state index in [9.17, 15) is 0 Å². The van der Waals surface area contributed by atoms with Crippen molar-refractivity contribution in [3.8, 4) is 0 Å². The molecule has 0 aliphatic carbocycles. The van der Waals surface area contributed by atoms with Gasteiger partial charge in [-0.15, -0.1) is 10.9 Å². The molecule has 0 saturated carbocycles. The van der Waals surface area contributed by atoms with Crippen molar-refractivity contribution >= 4 is 185 Å². The molecule has 0 spiro atoms. The molecule has 3 rings (SSSR count). The molecule has 0 aliphatic heterocycles. The van der Waals surface area contributed by atoms with Gasteiger partial charge >= 0.3 is 0 Å². The predicted octanol–water partition coefficient (Wildman–Crippen LogP) is -10.3. The lowest BCUT2D eigenvalue weighted by molar-refractivity contribution is 1.33. The predicted molar refractivity (Wildman–Crippen MR) is 178 cm³/mol. The smallest absolute Gasteiger partial charge is 0.141 e. The lowest BCUT2D eigenvalue weighted by atomic mass is 9.60.